The maximum atomic E-state index is 10.9. The number of benzene rings is 1. The molecule has 1 aliphatic rings. The lowest BCUT2D eigenvalue weighted by Crippen LogP contribution is -2.26. The average molecular weight is 294 g/mol. The Balaban J connectivity index is 2.38. The van der Waals surface area contributed by atoms with Crippen LogP contribution in [0.4, 0.5) is 0 Å². The fourth-order valence-electron chi connectivity index (χ4n) is 2.44. The van der Waals surface area contributed by atoms with Gasteiger partial charge >= 0.3 is 0 Å². The summed E-state index contributed by atoms with van der Waals surface area (Å²) in [5, 5.41) is 10.9. The van der Waals surface area contributed by atoms with Crippen molar-refractivity contribution >= 4 is 0 Å². The minimum absolute atomic E-state index is 0.0835. The highest BCUT2D eigenvalue weighted by molar-refractivity contribution is 5.51. The van der Waals surface area contributed by atoms with E-state index in [1.165, 1.54) is 0 Å². The third-order valence-electron chi connectivity index (χ3n) is 3.42. The topological polar surface area (TPSA) is 57.2 Å². The molecule has 1 aromatic carbocycles. The van der Waals surface area contributed by atoms with E-state index in [0.29, 0.717) is 23.5 Å². The van der Waals surface area contributed by atoms with Crippen LogP contribution in [0.1, 0.15) is 24.8 Å². The summed E-state index contributed by atoms with van der Waals surface area (Å²) in [6.07, 6.45) is 6.38. The molecule has 0 aromatic heterocycles. The Morgan fingerprint density at radius 2 is 1.90 bits per heavy atom. The average Bonchev–Trinajstić information content (AvgIpc) is 2.51. The zero-order valence-electron chi connectivity index (χ0n) is 12.5. The van der Waals surface area contributed by atoms with Crippen molar-refractivity contribution in [3.05, 3.63) is 35.9 Å². The highest BCUT2D eigenvalue weighted by Gasteiger charge is 2.32. The summed E-state index contributed by atoms with van der Waals surface area (Å²) in [5.74, 6) is 1.02. The van der Waals surface area contributed by atoms with Crippen LogP contribution in [-0.2, 0) is 15.1 Å². The second kappa shape index (κ2) is 7.45. The number of hydrogen-bond acceptors (Lipinski definition) is 5. The smallest absolute Gasteiger partial charge is 0.188 e. The van der Waals surface area contributed by atoms with Gasteiger partial charge in [0.05, 0.1) is 0 Å². The van der Waals surface area contributed by atoms with Crippen LogP contribution < -0.4 is 9.47 Å². The zero-order chi connectivity index (χ0) is 15.1. The molecular formula is C16H22O5. The molecule has 0 fully saturated rings. The first kappa shape index (κ1) is 15.8. The van der Waals surface area contributed by atoms with Gasteiger partial charge in [-0.05, 0) is 25.3 Å². The van der Waals surface area contributed by atoms with Crippen LogP contribution >= 0.6 is 0 Å². The molecule has 0 saturated heterocycles. The monoisotopic (exact) mass is 294 g/mol. The lowest BCUT2D eigenvalue weighted by molar-refractivity contribution is 0.0242. The van der Waals surface area contributed by atoms with Gasteiger partial charge in [0.15, 0.2) is 25.1 Å². The van der Waals surface area contributed by atoms with Crippen LogP contribution in [0.15, 0.2) is 30.4 Å². The van der Waals surface area contributed by atoms with Crippen molar-refractivity contribution in [1.82, 2.24) is 0 Å². The molecule has 0 bridgehead atoms. The van der Waals surface area contributed by atoms with Crippen LogP contribution in [0, 0.1) is 0 Å². The second-order valence-corrected chi connectivity index (χ2v) is 4.95. The third-order valence-corrected chi connectivity index (χ3v) is 3.42. The van der Waals surface area contributed by atoms with E-state index in [0.717, 1.165) is 12.8 Å². The Morgan fingerprint density at radius 3 is 2.57 bits per heavy atom. The fraction of sp³-hybridized carbons (Fsp3) is 0.500. The molecule has 1 aliphatic carbocycles. The zero-order valence-corrected chi connectivity index (χ0v) is 12.5. The Bertz CT molecular complexity index is 486. The first-order valence-corrected chi connectivity index (χ1v) is 6.98. The second-order valence-electron chi connectivity index (χ2n) is 4.95. The standard InChI is InChI=1S/C16H22O5/c1-18-11-20-14-8-6-7-13(15(14)21-12-19-2)16(17)9-4-3-5-10-16/h4,6-9,17H,3,5,10-12H2,1-2H3. The molecule has 5 heteroatoms. The molecule has 1 unspecified atom stereocenters. The van der Waals surface area contributed by atoms with Crippen molar-refractivity contribution in [2.45, 2.75) is 24.9 Å². The number of ether oxygens (including phenoxy) is 4. The molecule has 0 saturated carbocycles. The predicted octanol–water partition coefficient (Wildman–Crippen LogP) is 2.58. The molecule has 1 aromatic rings. The maximum absolute atomic E-state index is 10.9. The summed E-state index contributed by atoms with van der Waals surface area (Å²) < 4.78 is 21.1. The van der Waals surface area contributed by atoms with Gasteiger partial charge in [-0.15, -0.1) is 0 Å². The first-order chi connectivity index (χ1) is 10.2. The third kappa shape index (κ3) is 3.75. The Morgan fingerprint density at radius 1 is 1.14 bits per heavy atom. The summed E-state index contributed by atoms with van der Waals surface area (Å²) >= 11 is 0. The highest BCUT2D eigenvalue weighted by atomic mass is 16.7. The SMILES string of the molecule is COCOc1cccc(C2(O)C=CCCC2)c1OCOC. The molecule has 2 rings (SSSR count). The predicted molar refractivity (Wildman–Crippen MR) is 78.3 cm³/mol. The number of hydrogen-bond donors (Lipinski definition) is 1. The molecule has 0 radical (unpaired) electrons. The Hall–Kier alpha value is -1.56. The Kier molecular flexibility index (Phi) is 5.61. The van der Waals surface area contributed by atoms with E-state index in [2.05, 4.69) is 0 Å². The molecule has 0 heterocycles. The van der Waals surface area contributed by atoms with E-state index in [1.54, 1.807) is 20.3 Å². The number of allylic oxidation sites excluding steroid dienone is 1. The minimum atomic E-state index is -1.03. The molecule has 0 aliphatic heterocycles. The van der Waals surface area contributed by atoms with Crippen LogP contribution in [0.3, 0.4) is 0 Å². The van der Waals surface area contributed by atoms with Gasteiger partial charge in [0, 0.05) is 19.8 Å². The fourth-order valence-corrected chi connectivity index (χ4v) is 2.44. The Labute approximate surface area is 125 Å². The summed E-state index contributed by atoms with van der Waals surface area (Å²) in [5.41, 5.74) is -0.350. The van der Waals surface area contributed by atoms with Crippen molar-refractivity contribution in [2.24, 2.45) is 0 Å². The van der Waals surface area contributed by atoms with Crippen molar-refractivity contribution in [1.29, 1.82) is 0 Å². The van der Waals surface area contributed by atoms with E-state index < -0.39 is 5.60 Å². The first-order valence-electron chi connectivity index (χ1n) is 6.98. The van der Waals surface area contributed by atoms with E-state index in [9.17, 15) is 5.11 Å². The lowest BCUT2D eigenvalue weighted by Gasteiger charge is -2.30. The van der Waals surface area contributed by atoms with Gasteiger partial charge in [-0.1, -0.05) is 24.3 Å². The van der Waals surface area contributed by atoms with Gasteiger partial charge in [-0.2, -0.15) is 0 Å². The van der Waals surface area contributed by atoms with Gasteiger partial charge < -0.3 is 24.1 Å². The normalized spacial score (nSPS) is 21.3. The minimum Gasteiger partial charge on any atom is -0.464 e. The number of rotatable bonds is 7. The quantitative estimate of drug-likeness (QED) is 0.619. The van der Waals surface area contributed by atoms with Gasteiger partial charge in [-0.25, -0.2) is 0 Å². The van der Waals surface area contributed by atoms with Crippen molar-refractivity contribution in [3.8, 4) is 11.5 Å². The van der Waals surface area contributed by atoms with Crippen molar-refractivity contribution in [2.75, 3.05) is 27.8 Å². The van der Waals surface area contributed by atoms with Crippen LogP contribution in [0.2, 0.25) is 0 Å². The van der Waals surface area contributed by atoms with Gasteiger partial charge in [0.25, 0.3) is 0 Å². The molecular weight excluding hydrogens is 272 g/mol. The van der Waals surface area contributed by atoms with E-state index in [-0.39, 0.29) is 13.6 Å². The molecule has 116 valence electrons. The maximum Gasteiger partial charge on any atom is 0.188 e. The summed E-state index contributed by atoms with van der Waals surface area (Å²) in [6, 6.07) is 5.46. The van der Waals surface area contributed by atoms with Crippen LogP contribution in [0.25, 0.3) is 0 Å². The van der Waals surface area contributed by atoms with Crippen molar-refractivity contribution in [3.63, 3.8) is 0 Å². The molecule has 5 nitrogen and oxygen atoms in total. The van der Waals surface area contributed by atoms with E-state index >= 15 is 0 Å². The van der Waals surface area contributed by atoms with E-state index in [4.69, 9.17) is 18.9 Å². The van der Waals surface area contributed by atoms with Crippen molar-refractivity contribution < 1.29 is 24.1 Å². The summed E-state index contributed by atoms with van der Waals surface area (Å²) in [7, 11) is 3.10. The van der Waals surface area contributed by atoms with Gasteiger partial charge in [-0.3, -0.25) is 0 Å². The largest absolute Gasteiger partial charge is 0.464 e. The molecule has 1 atom stereocenters. The van der Waals surface area contributed by atoms with Gasteiger partial charge in [0.1, 0.15) is 5.60 Å². The number of methoxy groups -OCH3 is 2. The summed E-state index contributed by atoms with van der Waals surface area (Å²) in [6.45, 7) is 0.196. The van der Waals surface area contributed by atoms with Gasteiger partial charge in [0.2, 0.25) is 0 Å². The van der Waals surface area contributed by atoms with E-state index in [1.807, 2.05) is 24.3 Å². The number of aliphatic hydroxyl groups is 1. The highest BCUT2D eigenvalue weighted by Crippen LogP contribution is 2.42. The number of para-hydroxylation sites is 1. The molecule has 0 spiro atoms. The molecule has 0 amide bonds. The van der Waals surface area contributed by atoms with Crippen LogP contribution in [0.5, 0.6) is 11.5 Å². The summed E-state index contributed by atoms with van der Waals surface area (Å²) in [4.78, 5) is 0. The molecule has 1 N–H and O–H groups in total. The lowest BCUT2D eigenvalue weighted by atomic mass is 9.84. The van der Waals surface area contributed by atoms with Crippen LogP contribution in [-0.4, -0.2) is 32.9 Å². The molecule has 21 heavy (non-hydrogen) atoms.